The zero-order valence-electron chi connectivity index (χ0n) is 20.3. The van der Waals surface area contributed by atoms with Gasteiger partial charge in [-0.05, 0) is 37.3 Å². The minimum absolute atomic E-state index is 0.00500. The Bertz CT molecular complexity index is 1470. The molecule has 1 amide bonds. The van der Waals surface area contributed by atoms with Gasteiger partial charge in [0.05, 0.1) is 13.2 Å². The molecule has 1 aliphatic rings. The van der Waals surface area contributed by atoms with Crippen molar-refractivity contribution in [2.75, 3.05) is 7.11 Å². The Kier molecular flexibility index (Phi) is 6.61. The molecule has 1 saturated carbocycles. The largest absolute Gasteiger partial charge is 0.494 e. The van der Waals surface area contributed by atoms with Crippen molar-refractivity contribution < 1.29 is 31.9 Å². The summed E-state index contributed by atoms with van der Waals surface area (Å²) < 4.78 is 56.6. The smallest absolute Gasteiger partial charge is 0.433 e. The first-order valence-corrected chi connectivity index (χ1v) is 11.7. The number of benzene rings is 1. The lowest BCUT2D eigenvalue weighted by atomic mass is 9.89. The average Bonchev–Trinajstić information content (AvgIpc) is 3.32. The number of oxazole rings is 1. The van der Waals surface area contributed by atoms with E-state index < -0.39 is 23.8 Å². The molecule has 0 aliphatic heterocycles. The molecule has 38 heavy (non-hydrogen) atoms. The van der Waals surface area contributed by atoms with Crippen LogP contribution >= 0.6 is 0 Å². The molecule has 13 heteroatoms. The number of amides is 1. The van der Waals surface area contributed by atoms with Crippen LogP contribution < -0.4 is 20.5 Å². The van der Waals surface area contributed by atoms with Crippen molar-refractivity contribution in [2.24, 2.45) is 5.73 Å². The zero-order chi connectivity index (χ0) is 27.0. The van der Waals surface area contributed by atoms with Crippen molar-refractivity contribution in [3.8, 4) is 23.2 Å². The summed E-state index contributed by atoms with van der Waals surface area (Å²) >= 11 is 0. The minimum atomic E-state index is -4.63. The van der Waals surface area contributed by atoms with Crippen molar-refractivity contribution in [1.29, 1.82) is 0 Å². The quantitative estimate of drug-likeness (QED) is 0.363. The van der Waals surface area contributed by atoms with E-state index in [1.165, 1.54) is 19.2 Å². The number of fused-ring (bicyclic) bond motifs is 1. The number of methoxy groups -OCH3 is 1. The number of nitrogens with two attached hydrogens (primary N) is 1. The minimum Gasteiger partial charge on any atom is -0.494 e. The summed E-state index contributed by atoms with van der Waals surface area (Å²) in [6.45, 7) is 1.64. The van der Waals surface area contributed by atoms with Gasteiger partial charge < -0.3 is 24.9 Å². The summed E-state index contributed by atoms with van der Waals surface area (Å²) in [7, 11) is 1.33. The van der Waals surface area contributed by atoms with Crippen molar-refractivity contribution >= 4 is 16.8 Å². The van der Waals surface area contributed by atoms with E-state index >= 15 is 0 Å². The molecule has 3 heterocycles. The van der Waals surface area contributed by atoms with Gasteiger partial charge in [-0.2, -0.15) is 13.2 Å². The van der Waals surface area contributed by atoms with Crippen LogP contribution in [0.5, 0.6) is 11.8 Å². The Morgan fingerprint density at radius 3 is 2.55 bits per heavy atom. The molecule has 1 atom stereocenters. The number of halogens is 3. The molecule has 1 aliphatic carbocycles. The third kappa shape index (κ3) is 4.96. The molecule has 4 aromatic rings. The Labute approximate surface area is 214 Å². The van der Waals surface area contributed by atoms with E-state index in [0.717, 1.165) is 6.07 Å². The number of alkyl halides is 3. The summed E-state index contributed by atoms with van der Waals surface area (Å²) in [6, 6.07) is 6.29. The maximum Gasteiger partial charge on any atom is 0.433 e. The molecule has 198 valence electrons. The van der Waals surface area contributed by atoms with Crippen LogP contribution in [-0.4, -0.2) is 45.1 Å². The first kappa shape index (κ1) is 25.4. The fraction of sp³-hybridized carbons (Fsp3) is 0.320. The number of aromatic nitrogens is 4. The predicted molar refractivity (Wildman–Crippen MR) is 128 cm³/mol. The van der Waals surface area contributed by atoms with Gasteiger partial charge in [0.25, 0.3) is 5.91 Å². The van der Waals surface area contributed by atoms with Crippen LogP contribution in [0.3, 0.4) is 0 Å². The Morgan fingerprint density at radius 1 is 1.16 bits per heavy atom. The van der Waals surface area contributed by atoms with Crippen LogP contribution in [0.15, 0.2) is 47.1 Å². The topological polar surface area (TPSA) is 138 Å². The number of nitrogens with one attached hydrogen (secondary N) is 1. The number of carbonyl (C=O) groups is 1. The van der Waals surface area contributed by atoms with Crippen LogP contribution in [0.25, 0.3) is 22.4 Å². The molecule has 0 unspecified atom stereocenters. The van der Waals surface area contributed by atoms with Crippen LogP contribution in [0.1, 0.15) is 47.7 Å². The summed E-state index contributed by atoms with van der Waals surface area (Å²) in [5.74, 6) is -0.171. The van der Waals surface area contributed by atoms with E-state index in [1.807, 2.05) is 0 Å². The number of ether oxygens (including phenoxy) is 2. The van der Waals surface area contributed by atoms with Gasteiger partial charge in [0.15, 0.2) is 11.5 Å². The van der Waals surface area contributed by atoms with E-state index in [2.05, 4.69) is 25.3 Å². The number of carbonyl (C=O) groups excluding carboxylic acids is 1. The highest BCUT2D eigenvalue weighted by Gasteiger charge is 2.35. The maximum absolute atomic E-state index is 13.3. The normalized spacial score (nSPS) is 18.1. The van der Waals surface area contributed by atoms with Gasteiger partial charge in [0.1, 0.15) is 23.1 Å². The molecular formula is C25H23F3N6O4. The van der Waals surface area contributed by atoms with Gasteiger partial charge >= 0.3 is 12.2 Å². The van der Waals surface area contributed by atoms with Gasteiger partial charge in [-0.15, -0.1) is 0 Å². The molecule has 0 radical (unpaired) electrons. The molecule has 3 N–H and O–H groups in total. The van der Waals surface area contributed by atoms with Crippen molar-refractivity contribution in [3.05, 3.63) is 59.9 Å². The highest BCUT2D eigenvalue weighted by molar-refractivity contribution is 5.98. The summed E-state index contributed by atoms with van der Waals surface area (Å²) in [6.07, 6.45) is -0.504. The van der Waals surface area contributed by atoms with E-state index in [0.29, 0.717) is 23.8 Å². The van der Waals surface area contributed by atoms with Gasteiger partial charge in [-0.25, -0.2) is 19.9 Å². The third-order valence-corrected chi connectivity index (χ3v) is 6.09. The van der Waals surface area contributed by atoms with E-state index in [-0.39, 0.29) is 46.8 Å². The lowest BCUT2D eigenvalue weighted by Gasteiger charge is -2.34. The first-order valence-electron chi connectivity index (χ1n) is 11.7. The maximum atomic E-state index is 13.3. The average molecular weight is 528 g/mol. The molecule has 1 aromatic carbocycles. The van der Waals surface area contributed by atoms with Crippen LogP contribution in [0, 0.1) is 0 Å². The van der Waals surface area contributed by atoms with Crippen molar-refractivity contribution in [2.45, 2.75) is 44.1 Å². The fourth-order valence-corrected chi connectivity index (χ4v) is 4.15. The first-order chi connectivity index (χ1) is 18.1. The summed E-state index contributed by atoms with van der Waals surface area (Å²) in [4.78, 5) is 29.3. The second kappa shape index (κ2) is 9.89. The Balaban J connectivity index is 1.40. The molecule has 3 aromatic heterocycles. The van der Waals surface area contributed by atoms with Gasteiger partial charge in [-0.3, -0.25) is 4.79 Å². The second-order valence-electron chi connectivity index (χ2n) is 8.84. The monoisotopic (exact) mass is 528 g/mol. The molecule has 0 bridgehead atoms. The van der Waals surface area contributed by atoms with Gasteiger partial charge in [0.2, 0.25) is 5.89 Å². The number of hydrogen-bond donors (Lipinski definition) is 2. The van der Waals surface area contributed by atoms with Crippen LogP contribution in [0.2, 0.25) is 0 Å². The lowest BCUT2D eigenvalue weighted by molar-refractivity contribution is -0.140. The molecule has 0 saturated heterocycles. The number of rotatable bonds is 7. The number of pyridine rings is 1. The molecular weight excluding hydrogens is 505 g/mol. The molecule has 1 fully saturated rings. The summed E-state index contributed by atoms with van der Waals surface area (Å²) in [5, 5.41) is 3.20. The van der Waals surface area contributed by atoms with Crippen LogP contribution in [0.4, 0.5) is 13.2 Å². The molecule has 0 spiro atoms. The standard InChI is InChI=1S/C25H23F3N6O4/c1-12(29)21-20(22(35)32-13-10-14(11-13)37-24-30-8-3-9-31-24)34-23(38-21)16-4-6-17(36-2)19-15(16)5-7-18(33-19)25(26,27)28/h3-9,12-14H,10-11,29H2,1-2H3,(H,32,35)/t12-,13-,14+/m0/s1. The van der Waals surface area contributed by atoms with E-state index in [4.69, 9.17) is 19.6 Å². The van der Waals surface area contributed by atoms with Crippen molar-refractivity contribution in [1.82, 2.24) is 25.3 Å². The van der Waals surface area contributed by atoms with Crippen LogP contribution in [-0.2, 0) is 6.18 Å². The molecule has 10 nitrogen and oxygen atoms in total. The number of hydrogen-bond acceptors (Lipinski definition) is 9. The zero-order valence-corrected chi connectivity index (χ0v) is 20.3. The SMILES string of the molecule is COc1ccc(-c2nc(C(=O)N[C@H]3C[C@@H](Oc4ncccn4)C3)c([C@H](C)N)o2)c2ccc(C(F)(F)F)nc12. The predicted octanol–water partition coefficient (Wildman–Crippen LogP) is 4.07. The fourth-order valence-electron chi connectivity index (χ4n) is 4.15. The lowest BCUT2D eigenvalue weighted by Crippen LogP contribution is -2.49. The number of nitrogens with zero attached hydrogens (tertiary/aromatic N) is 4. The van der Waals surface area contributed by atoms with Gasteiger partial charge in [0, 0.05) is 42.2 Å². The Morgan fingerprint density at radius 2 is 1.89 bits per heavy atom. The van der Waals surface area contributed by atoms with E-state index in [1.54, 1.807) is 31.5 Å². The van der Waals surface area contributed by atoms with Gasteiger partial charge in [-0.1, -0.05) is 0 Å². The highest BCUT2D eigenvalue weighted by Crippen LogP contribution is 2.37. The van der Waals surface area contributed by atoms with Crippen molar-refractivity contribution in [3.63, 3.8) is 0 Å². The third-order valence-electron chi connectivity index (χ3n) is 6.09. The second-order valence-corrected chi connectivity index (χ2v) is 8.84. The van der Waals surface area contributed by atoms with E-state index in [9.17, 15) is 18.0 Å². The Hall–Kier alpha value is -4.26. The highest BCUT2D eigenvalue weighted by atomic mass is 19.4. The molecule has 5 rings (SSSR count). The summed E-state index contributed by atoms with van der Waals surface area (Å²) in [5.41, 5.74) is 5.30.